The first-order valence-corrected chi connectivity index (χ1v) is 34.9. The van der Waals surface area contributed by atoms with Gasteiger partial charge in [0.15, 0.2) is 0 Å². The van der Waals surface area contributed by atoms with E-state index in [9.17, 15) is 20.4 Å². The summed E-state index contributed by atoms with van der Waals surface area (Å²) in [5.41, 5.74) is 7.71. The fraction of sp³-hybridized carbons (Fsp3) is 0.600. The van der Waals surface area contributed by atoms with E-state index >= 15 is 0 Å². The van der Waals surface area contributed by atoms with Crippen molar-refractivity contribution in [3.63, 3.8) is 0 Å². The van der Waals surface area contributed by atoms with Crippen molar-refractivity contribution in [2.24, 2.45) is 5.41 Å². The van der Waals surface area contributed by atoms with Gasteiger partial charge in [-0.3, -0.25) is 0 Å². The molecule has 0 aliphatic heterocycles. The number of benzene rings is 5. The lowest BCUT2D eigenvalue weighted by Crippen LogP contribution is -2.55. The van der Waals surface area contributed by atoms with Crippen LogP contribution in [0.25, 0.3) is 0 Å². The largest absolute Gasteiger partial charge is 0.530 e. The van der Waals surface area contributed by atoms with Crippen molar-refractivity contribution in [1.29, 1.82) is 0 Å². The second-order valence-electron chi connectivity index (χ2n) is 34.7. The lowest BCUT2D eigenvalue weighted by molar-refractivity contribution is -0.137. The highest BCUT2D eigenvalue weighted by atomic mass is 31.2. The molecular weight excluding hydrogens is 1190 g/mol. The maximum absolute atomic E-state index is 13.1. The van der Waals surface area contributed by atoms with Gasteiger partial charge in [0.1, 0.15) is 22.8 Å². The third-order valence-electron chi connectivity index (χ3n) is 16.5. The number of hydrogen-bond acceptors (Lipinski definition) is 12. The van der Waals surface area contributed by atoms with E-state index in [0.29, 0.717) is 11.1 Å². The van der Waals surface area contributed by atoms with Crippen LogP contribution in [0, 0.1) is 5.41 Å². The topological polar surface area (TPSA) is 199 Å². The highest BCUT2D eigenvalue weighted by molar-refractivity contribution is 7.53. The van der Waals surface area contributed by atoms with Crippen LogP contribution in [-0.4, -0.2) is 59.8 Å². The Morgan fingerprint density at radius 2 is 0.478 bits per heavy atom. The molecule has 0 radical (unpaired) electrons. The van der Waals surface area contributed by atoms with Crippen LogP contribution in [0.2, 0.25) is 0 Å². The zero-order valence-electron chi connectivity index (χ0n) is 60.8. The van der Waals surface area contributed by atoms with Gasteiger partial charge in [-0.1, -0.05) is 281 Å². The molecule has 12 nitrogen and oxygen atoms in total. The molecule has 90 heavy (non-hydrogen) atoms. The van der Waals surface area contributed by atoms with Crippen molar-refractivity contribution < 1.29 is 57.9 Å². The van der Waals surface area contributed by atoms with Gasteiger partial charge in [-0.05, 0) is 122 Å². The van der Waals surface area contributed by atoms with Crippen molar-refractivity contribution in [2.75, 3.05) is 19.8 Å². The van der Waals surface area contributed by atoms with E-state index in [-0.39, 0.29) is 54.1 Å². The summed E-state index contributed by atoms with van der Waals surface area (Å²) in [7, 11) is -7.12. The maximum Gasteiger partial charge on any atom is 0.530 e. The van der Waals surface area contributed by atoms with Crippen LogP contribution in [0.4, 0.5) is 0 Å². The predicted molar refractivity (Wildman–Crippen MR) is 379 cm³/mol. The second-order valence-corrected chi connectivity index (χ2v) is 37.4. The molecule has 0 bridgehead atoms. The molecule has 5 rings (SSSR count). The Balaban J connectivity index is 0.000000432. The summed E-state index contributed by atoms with van der Waals surface area (Å²) in [5.74, 6) is 2.37. The number of rotatable bonds is 14. The fourth-order valence-corrected chi connectivity index (χ4v) is 12.0. The Bertz CT molecular complexity index is 2870. The molecular formula is C75H119O12P3. The molecule has 0 unspecified atom stereocenters. The third-order valence-corrected chi connectivity index (χ3v) is 18.7. The van der Waals surface area contributed by atoms with Crippen LogP contribution in [0.15, 0.2) is 91.0 Å². The highest BCUT2D eigenvalue weighted by Crippen LogP contribution is 2.54. The summed E-state index contributed by atoms with van der Waals surface area (Å²) in [5, 5.41) is 45.2. The minimum Gasteiger partial charge on any atom is -0.408 e. The Morgan fingerprint density at radius 3 is 0.644 bits per heavy atom. The first kappa shape index (κ1) is 80.7. The Morgan fingerprint density at radius 1 is 0.278 bits per heavy atom. The standard InChI is InChI=1S/C42H63O3P.C33H52O4.H4O5P2/c1-37(2,3)28-19-22-34(31(25-28)40(10,11)12)43-46(44-35-23-20-29(38(4,5)6)26-32(35)41(13,14)15)45-36-24-21-30(39(7,8)9)27-33(36)42(16,17)18;1-28(2,3)22-13-15-24(26(17-22)30(7,8)9)33(37,32(19-34,20-35)21-36)25-16-14-23(29(4,5)6)18-27(25)31(10,11)12;1-6(2)5-7(3)4/h19-27H,1-18H3;13-18,34-37H,19-21H2,1-12H3;1-4H. The van der Waals surface area contributed by atoms with E-state index in [0.717, 1.165) is 56.2 Å². The van der Waals surface area contributed by atoms with Crippen LogP contribution >= 0.6 is 25.8 Å². The van der Waals surface area contributed by atoms with Gasteiger partial charge in [0.25, 0.3) is 0 Å². The quantitative estimate of drug-likeness (QED) is 0.0490. The minimum atomic E-state index is -2.61. The Kier molecular flexibility index (Phi) is 26.2. The van der Waals surface area contributed by atoms with Gasteiger partial charge >= 0.3 is 25.8 Å². The zero-order chi connectivity index (χ0) is 69.9. The molecule has 0 heterocycles. The van der Waals surface area contributed by atoms with Gasteiger partial charge < -0.3 is 53.6 Å². The maximum atomic E-state index is 13.1. The average molecular weight is 1310 g/mol. The normalized spacial score (nSPS) is 13.7. The molecule has 0 aliphatic rings. The first-order valence-electron chi connectivity index (χ1n) is 31.5. The molecule has 506 valence electrons. The monoisotopic (exact) mass is 1300 g/mol. The SMILES string of the molecule is CC(C)(C)c1ccc(C(O)(c2ccc(C(C)(C)C)cc2C(C)(C)C)C(CO)(CO)CO)c(C(C)(C)C)c1.CC(C)(C)c1ccc(OP(Oc2ccc(C(C)(C)C)cc2C(C)(C)C)Oc2ccc(C(C)(C)C)cc2C(C)(C)C)c(C(C)(C)C)c1.OP(O)OP(O)O. The van der Waals surface area contributed by atoms with Gasteiger partial charge in [-0.2, -0.15) is 0 Å². The molecule has 5 aromatic carbocycles. The predicted octanol–water partition coefficient (Wildman–Crippen LogP) is 18.7. The van der Waals surface area contributed by atoms with Crippen LogP contribution in [0.5, 0.6) is 17.2 Å². The molecule has 5 aromatic rings. The number of aliphatic hydroxyl groups excluding tert-OH is 3. The summed E-state index contributed by atoms with van der Waals surface area (Å²) in [4.78, 5) is 31.3. The van der Waals surface area contributed by atoms with Gasteiger partial charge in [0, 0.05) is 16.7 Å². The van der Waals surface area contributed by atoms with Gasteiger partial charge in [0.05, 0.1) is 25.2 Å². The van der Waals surface area contributed by atoms with Crippen molar-refractivity contribution in [2.45, 2.75) is 267 Å². The smallest absolute Gasteiger partial charge is 0.408 e. The van der Waals surface area contributed by atoms with Crippen molar-refractivity contribution in [3.05, 3.63) is 158 Å². The van der Waals surface area contributed by atoms with E-state index in [4.69, 9.17) is 33.1 Å². The highest BCUT2D eigenvalue weighted by Gasteiger charge is 2.55. The van der Waals surface area contributed by atoms with E-state index in [1.54, 1.807) is 0 Å². The van der Waals surface area contributed by atoms with Crippen LogP contribution in [0.3, 0.4) is 0 Å². The zero-order valence-corrected chi connectivity index (χ0v) is 63.5. The number of aliphatic hydroxyl groups is 4. The van der Waals surface area contributed by atoms with E-state index in [1.807, 2.05) is 24.3 Å². The summed E-state index contributed by atoms with van der Waals surface area (Å²) < 4.78 is 24.3. The molecule has 0 fully saturated rings. The van der Waals surface area contributed by atoms with Crippen molar-refractivity contribution in [1.82, 2.24) is 0 Å². The van der Waals surface area contributed by atoms with Gasteiger partial charge in [-0.15, -0.1) is 0 Å². The minimum absolute atomic E-state index is 0.0170. The van der Waals surface area contributed by atoms with Gasteiger partial charge in [0.2, 0.25) is 0 Å². The molecule has 0 aromatic heterocycles. The Labute approximate surface area is 548 Å². The second kappa shape index (κ2) is 29.2. The molecule has 0 aliphatic carbocycles. The van der Waals surface area contributed by atoms with Crippen LogP contribution in [0.1, 0.15) is 274 Å². The van der Waals surface area contributed by atoms with Crippen LogP contribution in [-0.2, 0) is 64.1 Å². The summed E-state index contributed by atoms with van der Waals surface area (Å²) in [6, 6.07) is 31.9. The molecule has 8 N–H and O–H groups in total. The summed E-state index contributed by atoms with van der Waals surface area (Å²) >= 11 is 0. The lowest BCUT2D eigenvalue weighted by Gasteiger charge is -2.49. The third kappa shape index (κ3) is 21.0. The fourth-order valence-electron chi connectivity index (χ4n) is 10.5. The van der Waals surface area contributed by atoms with Crippen molar-refractivity contribution in [3.8, 4) is 17.2 Å². The molecule has 15 heteroatoms. The lowest BCUT2D eigenvalue weighted by atomic mass is 9.60. The summed E-state index contributed by atoms with van der Waals surface area (Å²) in [6.45, 7) is 64.1. The molecule has 0 spiro atoms. The van der Waals surface area contributed by atoms with E-state index in [2.05, 4.69) is 279 Å². The van der Waals surface area contributed by atoms with E-state index < -0.39 is 56.6 Å². The first-order chi connectivity index (χ1) is 40.3. The molecule has 0 amide bonds. The molecule has 0 saturated heterocycles. The number of hydrogen-bond donors (Lipinski definition) is 8. The molecule has 0 saturated carbocycles. The Hall–Kier alpha value is -3.57. The summed E-state index contributed by atoms with van der Waals surface area (Å²) in [6.07, 6.45) is 0. The van der Waals surface area contributed by atoms with E-state index in [1.165, 1.54) is 16.7 Å². The average Bonchev–Trinajstić information content (AvgIpc) is 0.715. The van der Waals surface area contributed by atoms with Crippen molar-refractivity contribution >= 4 is 25.8 Å². The van der Waals surface area contributed by atoms with Gasteiger partial charge in [-0.25, -0.2) is 4.31 Å². The molecule has 0 atom stereocenters. The van der Waals surface area contributed by atoms with Crippen LogP contribution < -0.4 is 13.6 Å².